The van der Waals surface area contributed by atoms with Crippen LogP contribution < -0.4 is 15.1 Å². The van der Waals surface area contributed by atoms with E-state index in [1.165, 1.54) is 4.90 Å². The summed E-state index contributed by atoms with van der Waals surface area (Å²) < 4.78 is 29.3. The first-order valence-corrected chi connectivity index (χ1v) is 11.5. The molecular weight excluding hydrogens is 432 g/mol. The molecule has 8 nitrogen and oxygen atoms in total. The number of hydrogen-bond donors (Lipinski definition) is 3. The van der Waals surface area contributed by atoms with Gasteiger partial charge >= 0.3 is 6.03 Å². The zero-order valence-electron chi connectivity index (χ0n) is 18.2. The monoisotopic (exact) mass is 459 g/mol. The van der Waals surface area contributed by atoms with Crippen molar-refractivity contribution < 1.29 is 23.8 Å². The van der Waals surface area contributed by atoms with E-state index in [9.17, 15) is 23.8 Å². The maximum Gasteiger partial charge on any atom is 0.330 e. The van der Waals surface area contributed by atoms with E-state index < -0.39 is 29.1 Å². The predicted molar refractivity (Wildman–Crippen MR) is 118 cm³/mol. The molecule has 2 saturated carbocycles. The first-order valence-electron chi connectivity index (χ1n) is 11.5. The average molecular weight is 459 g/mol. The van der Waals surface area contributed by atoms with Crippen LogP contribution in [0.25, 0.3) is 0 Å². The zero-order chi connectivity index (χ0) is 23.1. The third-order valence-electron chi connectivity index (χ3n) is 6.87. The van der Waals surface area contributed by atoms with Crippen LogP contribution in [0, 0.1) is 11.6 Å². The normalized spacial score (nSPS) is 23.7. The molecule has 33 heavy (non-hydrogen) atoms. The maximum absolute atomic E-state index is 14.7. The fourth-order valence-electron chi connectivity index (χ4n) is 5.09. The van der Waals surface area contributed by atoms with E-state index in [0.717, 1.165) is 55.6 Å². The molecule has 3 aliphatic rings. The molecule has 1 aliphatic heterocycles. The largest absolute Gasteiger partial charge is 0.505 e. The smallest absolute Gasteiger partial charge is 0.330 e. The van der Waals surface area contributed by atoms with Gasteiger partial charge in [0.1, 0.15) is 17.3 Å². The molecule has 0 saturated heterocycles. The standard InChI is InChI=1S/C23H27F2N5O3/c24-17-9-10-18(32)19(25)20(17)29-12-13-11-26-22(27-14-5-7-16(31)8-6-14)28-21(13)30(23(29)33)15-3-1-2-4-15/h9-11,14-16,31-32H,1-8,12H2,(H,26,27,28). The molecule has 2 amide bonds. The van der Waals surface area contributed by atoms with Gasteiger partial charge < -0.3 is 15.5 Å². The van der Waals surface area contributed by atoms with E-state index in [1.807, 2.05) is 0 Å². The lowest BCUT2D eigenvalue weighted by Crippen LogP contribution is -2.52. The van der Waals surface area contributed by atoms with Crippen LogP contribution in [-0.2, 0) is 6.54 Å². The topological polar surface area (TPSA) is 102 Å². The lowest BCUT2D eigenvalue weighted by molar-refractivity contribution is 0.126. The highest BCUT2D eigenvalue weighted by atomic mass is 19.1. The second kappa shape index (κ2) is 8.74. The fraction of sp³-hybridized carbons (Fsp3) is 0.522. The zero-order valence-corrected chi connectivity index (χ0v) is 18.2. The minimum atomic E-state index is -1.17. The average Bonchev–Trinajstić information content (AvgIpc) is 3.33. The summed E-state index contributed by atoms with van der Waals surface area (Å²) >= 11 is 0. The van der Waals surface area contributed by atoms with Crippen LogP contribution in [0.2, 0.25) is 0 Å². The highest BCUT2D eigenvalue weighted by molar-refractivity contribution is 6.06. The Labute approximate surface area is 190 Å². The number of halogens is 2. The minimum absolute atomic E-state index is 0.107. The number of amides is 2. The molecule has 2 aliphatic carbocycles. The third-order valence-corrected chi connectivity index (χ3v) is 6.87. The number of phenolic OH excluding ortho intramolecular Hbond substituents is 1. The molecule has 2 heterocycles. The van der Waals surface area contributed by atoms with Gasteiger partial charge in [0.25, 0.3) is 0 Å². The molecule has 2 aromatic rings. The van der Waals surface area contributed by atoms with Gasteiger partial charge in [0.2, 0.25) is 5.95 Å². The van der Waals surface area contributed by atoms with E-state index in [0.29, 0.717) is 30.2 Å². The number of aliphatic hydroxyl groups excluding tert-OH is 1. The molecule has 0 atom stereocenters. The van der Waals surface area contributed by atoms with E-state index in [2.05, 4.69) is 15.3 Å². The Morgan fingerprint density at radius 1 is 1.06 bits per heavy atom. The number of rotatable bonds is 4. The van der Waals surface area contributed by atoms with Crippen molar-refractivity contribution in [1.82, 2.24) is 9.97 Å². The highest BCUT2D eigenvalue weighted by Crippen LogP contribution is 2.39. The van der Waals surface area contributed by atoms with Crippen LogP contribution in [-0.4, -0.2) is 44.4 Å². The molecule has 0 radical (unpaired) electrons. The molecule has 1 aromatic heterocycles. The van der Waals surface area contributed by atoms with E-state index >= 15 is 0 Å². The molecular formula is C23H27F2N5O3. The van der Waals surface area contributed by atoms with Crippen molar-refractivity contribution in [3.8, 4) is 5.75 Å². The SMILES string of the molecule is O=C1N(c2c(F)ccc(O)c2F)Cc2cnc(NC3CCC(O)CC3)nc2N1C1CCCC1. The number of carbonyl (C=O) groups excluding carboxylic acids is 1. The van der Waals surface area contributed by atoms with Gasteiger partial charge in [0.15, 0.2) is 11.6 Å². The summed E-state index contributed by atoms with van der Waals surface area (Å²) in [6.07, 6.45) is 7.81. The Morgan fingerprint density at radius 3 is 2.52 bits per heavy atom. The summed E-state index contributed by atoms with van der Waals surface area (Å²) in [6, 6.07) is 1.31. The molecule has 176 valence electrons. The summed E-state index contributed by atoms with van der Waals surface area (Å²) in [7, 11) is 0. The van der Waals surface area contributed by atoms with E-state index in [1.54, 1.807) is 6.20 Å². The number of aromatic nitrogens is 2. The van der Waals surface area contributed by atoms with Gasteiger partial charge in [-0.3, -0.25) is 9.80 Å². The van der Waals surface area contributed by atoms with Gasteiger partial charge in [-0.05, 0) is 50.7 Å². The van der Waals surface area contributed by atoms with Gasteiger partial charge in [-0.1, -0.05) is 12.8 Å². The summed E-state index contributed by atoms with van der Waals surface area (Å²) in [4.78, 5) is 25.2. The van der Waals surface area contributed by atoms with Crippen LogP contribution in [0.3, 0.4) is 0 Å². The number of aliphatic hydroxyl groups is 1. The number of anilines is 3. The first-order chi connectivity index (χ1) is 15.9. The quantitative estimate of drug-likeness (QED) is 0.637. The van der Waals surface area contributed by atoms with Gasteiger partial charge in [-0.15, -0.1) is 0 Å². The number of nitrogens with one attached hydrogen (secondary N) is 1. The minimum Gasteiger partial charge on any atom is -0.505 e. The number of urea groups is 1. The van der Waals surface area contributed by atoms with Crippen molar-refractivity contribution in [1.29, 1.82) is 0 Å². The number of hydrogen-bond acceptors (Lipinski definition) is 6. The second-order valence-corrected chi connectivity index (χ2v) is 9.10. The van der Waals surface area contributed by atoms with Crippen LogP contribution in [0.4, 0.5) is 31.0 Å². The summed E-state index contributed by atoms with van der Waals surface area (Å²) in [5.74, 6) is -1.96. The second-order valence-electron chi connectivity index (χ2n) is 9.10. The first kappa shape index (κ1) is 21.8. The van der Waals surface area contributed by atoms with Crippen LogP contribution in [0.1, 0.15) is 56.9 Å². The molecule has 0 unspecified atom stereocenters. The Kier molecular flexibility index (Phi) is 5.77. The van der Waals surface area contributed by atoms with Gasteiger partial charge in [0.05, 0.1) is 12.6 Å². The van der Waals surface area contributed by atoms with Crippen molar-refractivity contribution in [3.63, 3.8) is 0 Å². The number of aromatic hydroxyl groups is 1. The lowest BCUT2D eigenvalue weighted by atomic mass is 9.93. The maximum atomic E-state index is 14.7. The van der Waals surface area contributed by atoms with Gasteiger partial charge in [0, 0.05) is 23.8 Å². The number of benzene rings is 1. The number of carbonyl (C=O) groups is 1. The number of fused-ring (bicyclic) bond motifs is 1. The molecule has 1 aromatic carbocycles. The van der Waals surface area contributed by atoms with Crippen molar-refractivity contribution in [3.05, 3.63) is 35.5 Å². The van der Waals surface area contributed by atoms with Crippen molar-refractivity contribution in [2.75, 3.05) is 15.1 Å². The Morgan fingerprint density at radius 2 is 1.79 bits per heavy atom. The Hall–Kier alpha value is -3.01. The van der Waals surface area contributed by atoms with Crippen molar-refractivity contribution in [2.45, 2.75) is 76.1 Å². The van der Waals surface area contributed by atoms with Crippen LogP contribution >= 0.6 is 0 Å². The number of phenols is 1. The summed E-state index contributed by atoms with van der Waals surface area (Å²) in [5.41, 5.74) is 0.00451. The Bertz CT molecular complexity index is 1050. The molecule has 0 bridgehead atoms. The van der Waals surface area contributed by atoms with Crippen LogP contribution in [0.5, 0.6) is 5.75 Å². The van der Waals surface area contributed by atoms with E-state index in [-0.39, 0.29) is 24.7 Å². The van der Waals surface area contributed by atoms with Gasteiger partial charge in [-0.2, -0.15) is 4.98 Å². The van der Waals surface area contributed by atoms with E-state index in [4.69, 9.17) is 0 Å². The molecule has 10 heteroatoms. The fourth-order valence-corrected chi connectivity index (χ4v) is 5.09. The predicted octanol–water partition coefficient (Wildman–Crippen LogP) is 4.07. The summed E-state index contributed by atoms with van der Waals surface area (Å²) in [5, 5.41) is 22.8. The van der Waals surface area contributed by atoms with Gasteiger partial charge in [-0.25, -0.2) is 18.6 Å². The molecule has 0 spiro atoms. The lowest BCUT2D eigenvalue weighted by Gasteiger charge is -2.39. The Balaban J connectivity index is 1.50. The molecule has 5 rings (SSSR count). The third kappa shape index (κ3) is 4.07. The van der Waals surface area contributed by atoms with Crippen LogP contribution in [0.15, 0.2) is 18.3 Å². The highest BCUT2D eigenvalue weighted by Gasteiger charge is 2.40. The molecule has 3 N–H and O–H groups in total. The number of nitrogens with zero attached hydrogens (tertiary/aromatic N) is 4. The van der Waals surface area contributed by atoms with Crippen molar-refractivity contribution in [2.24, 2.45) is 0 Å². The summed E-state index contributed by atoms with van der Waals surface area (Å²) in [6.45, 7) is -0.107. The molecule has 2 fully saturated rings. The van der Waals surface area contributed by atoms with Crippen molar-refractivity contribution >= 4 is 23.5 Å².